The van der Waals surface area contributed by atoms with Crippen LogP contribution >= 0.6 is 0 Å². The largest absolute Gasteiger partial charge is 0.457 e. The number of amides is 1. The van der Waals surface area contributed by atoms with Crippen LogP contribution < -0.4 is 5.32 Å². The number of nitrogens with zero attached hydrogens (tertiary/aromatic N) is 3. The lowest BCUT2D eigenvalue weighted by Gasteiger charge is -2.08. The second-order valence-corrected chi connectivity index (χ2v) is 4.77. The summed E-state index contributed by atoms with van der Waals surface area (Å²) in [5.41, 5.74) is 0.613. The van der Waals surface area contributed by atoms with Crippen molar-refractivity contribution in [2.75, 3.05) is 13.2 Å². The molecular weight excluding hydrogens is 260 g/mol. The van der Waals surface area contributed by atoms with Crippen molar-refractivity contribution < 1.29 is 14.3 Å². The van der Waals surface area contributed by atoms with E-state index in [1.807, 2.05) is 13.8 Å². The molecule has 0 aliphatic carbocycles. The normalized spacial score (nSPS) is 10.4. The molecule has 0 saturated carbocycles. The van der Waals surface area contributed by atoms with E-state index in [1.54, 1.807) is 6.92 Å². The Morgan fingerprint density at radius 2 is 2.20 bits per heavy atom. The maximum Gasteiger partial charge on any atom is 0.361 e. The maximum atomic E-state index is 11.7. The van der Waals surface area contributed by atoms with Crippen LogP contribution in [0.4, 0.5) is 0 Å². The summed E-state index contributed by atoms with van der Waals surface area (Å²) in [6, 6.07) is 0. The first kappa shape index (κ1) is 15.9. The van der Waals surface area contributed by atoms with Gasteiger partial charge >= 0.3 is 5.97 Å². The van der Waals surface area contributed by atoms with E-state index in [-0.39, 0.29) is 24.8 Å². The van der Waals surface area contributed by atoms with E-state index in [0.717, 1.165) is 0 Å². The number of nitrogens with one attached hydrogen (secondary N) is 1. The number of carbonyl (C=O) groups is 2. The van der Waals surface area contributed by atoms with Crippen LogP contribution in [0.2, 0.25) is 0 Å². The van der Waals surface area contributed by atoms with Gasteiger partial charge in [-0.2, -0.15) is 0 Å². The van der Waals surface area contributed by atoms with Gasteiger partial charge in [0.1, 0.15) is 13.2 Å². The highest BCUT2D eigenvalue weighted by Crippen LogP contribution is 2.05. The summed E-state index contributed by atoms with van der Waals surface area (Å²) in [6.07, 6.45) is 1.47. The number of rotatable bonds is 7. The van der Waals surface area contributed by atoms with Crippen molar-refractivity contribution in [3.05, 3.63) is 24.0 Å². The van der Waals surface area contributed by atoms with Gasteiger partial charge in [-0.05, 0) is 12.8 Å². The third kappa shape index (κ3) is 4.49. The maximum absolute atomic E-state index is 11.7. The first-order valence-corrected chi connectivity index (χ1v) is 6.40. The zero-order valence-electron chi connectivity index (χ0n) is 12.0. The van der Waals surface area contributed by atoms with Gasteiger partial charge in [-0.15, -0.1) is 5.10 Å². The van der Waals surface area contributed by atoms with Crippen molar-refractivity contribution in [2.45, 2.75) is 27.3 Å². The summed E-state index contributed by atoms with van der Waals surface area (Å²) in [5.74, 6) is -0.366. The fourth-order valence-electron chi connectivity index (χ4n) is 1.41. The van der Waals surface area contributed by atoms with E-state index in [4.69, 9.17) is 4.74 Å². The van der Waals surface area contributed by atoms with Crippen LogP contribution in [0.5, 0.6) is 0 Å². The molecule has 1 aromatic rings. The molecule has 7 heteroatoms. The number of esters is 1. The highest BCUT2D eigenvalue weighted by atomic mass is 16.5. The molecule has 0 saturated heterocycles. The van der Waals surface area contributed by atoms with E-state index in [9.17, 15) is 9.59 Å². The van der Waals surface area contributed by atoms with Crippen LogP contribution in [0.25, 0.3) is 0 Å². The molecule has 0 aliphatic heterocycles. The van der Waals surface area contributed by atoms with Gasteiger partial charge in [-0.3, -0.25) is 4.79 Å². The minimum Gasteiger partial charge on any atom is -0.457 e. The number of carbonyl (C=O) groups excluding carboxylic acids is 2. The minimum absolute atomic E-state index is 0.0281. The minimum atomic E-state index is -0.573. The molecule has 1 N–H and O–H groups in total. The Hall–Kier alpha value is -2.18. The van der Waals surface area contributed by atoms with Crippen molar-refractivity contribution >= 4 is 11.9 Å². The smallest absolute Gasteiger partial charge is 0.361 e. The number of hydrogen-bond acceptors (Lipinski definition) is 5. The molecule has 0 atom stereocenters. The second kappa shape index (κ2) is 7.42. The second-order valence-electron chi connectivity index (χ2n) is 4.77. The molecule has 1 amide bonds. The van der Waals surface area contributed by atoms with E-state index >= 15 is 0 Å². The third-order valence-electron chi connectivity index (χ3n) is 2.51. The van der Waals surface area contributed by atoms with Gasteiger partial charge in [0.25, 0.3) is 0 Å². The van der Waals surface area contributed by atoms with Crippen molar-refractivity contribution in [2.24, 2.45) is 5.92 Å². The molecule has 0 spiro atoms. The van der Waals surface area contributed by atoms with Crippen LogP contribution in [0, 0.1) is 12.8 Å². The summed E-state index contributed by atoms with van der Waals surface area (Å²) < 4.78 is 6.26. The van der Waals surface area contributed by atoms with E-state index in [2.05, 4.69) is 22.2 Å². The lowest BCUT2D eigenvalue weighted by atomic mass is 10.2. The quantitative estimate of drug-likeness (QED) is 0.587. The van der Waals surface area contributed by atoms with Crippen molar-refractivity contribution in [1.82, 2.24) is 20.3 Å². The van der Waals surface area contributed by atoms with Crippen LogP contribution in [0.15, 0.2) is 12.7 Å². The average molecular weight is 280 g/mol. The standard InChI is InChI=1S/C13H20N4O3/c1-5-6-20-13(19)12-10(4)17(16-15-12)8-11(18)14-7-9(2)3/h5,9H,1,6-8H2,2-4H3,(H,14,18). The van der Waals surface area contributed by atoms with Gasteiger partial charge in [0.2, 0.25) is 5.91 Å². The monoisotopic (exact) mass is 280 g/mol. The number of ether oxygens (including phenoxy) is 1. The Morgan fingerprint density at radius 3 is 2.80 bits per heavy atom. The van der Waals surface area contributed by atoms with Crippen molar-refractivity contribution in [3.63, 3.8) is 0 Å². The Kier molecular flexibility index (Phi) is 5.89. The predicted molar refractivity (Wildman–Crippen MR) is 73.1 cm³/mol. The van der Waals surface area contributed by atoms with Crippen LogP contribution in [-0.2, 0) is 16.1 Å². The Bertz CT molecular complexity index is 494. The number of aromatic nitrogens is 3. The van der Waals surface area contributed by atoms with Crippen LogP contribution in [0.1, 0.15) is 30.0 Å². The van der Waals surface area contributed by atoms with Gasteiger partial charge < -0.3 is 10.1 Å². The molecule has 0 radical (unpaired) electrons. The molecule has 1 aromatic heterocycles. The predicted octanol–water partition coefficient (Wildman–Crippen LogP) is 0.702. The van der Waals surface area contributed by atoms with Gasteiger partial charge in [-0.25, -0.2) is 9.48 Å². The van der Waals surface area contributed by atoms with Crippen LogP contribution in [0.3, 0.4) is 0 Å². The molecule has 110 valence electrons. The third-order valence-corrected chi connectivity index (χ3v) is 2.51. The Morgan fingerprint density at radius 1 is 1.50 bits per heavy atom. The highest BCUT2D eigenvalue weighted by molar-refractivity contribution is 5.88. The van der Waals surface area contributed by atoms with Gasteiger partial charge in [-0.1, -0.05) is 31.7 Å². The molecule has 0 aliphatic rings. The van der Waals surface area contributed by atoms with Crippen molar-refractivity contribution in [1.29, 1.82) is 0 Å². The molecule has 0 unspecified atom stereocenters. The summed E-state index contributed by atoms with van der Waals surface area (Å²) in [5, 5.41) is 10.3. The molecule has 0 fully saturated rings. The van der Waals surface area contributed by atoms with Gasteiger partial charge in [0.15, 0.2) is 5.69 Å². The molecule has 1 rings (SSSR count). The van der Waals surface area contributed by atoms with E-state index in [1.165, 1.54) is 10.8 Å². The molecule has 20 heavy (non-hydrogen) atoms. The zero-order chi connectivity index (χ0) is 15.1. The van der Waals surface area contributed by atoms with E-state index in [0.29, 0.717) is 18.2 Å². The average Bonchev–Trinajstić information content (AvgIpc) is 2.75. The summed E-state index contributed by atoms with van der Waals surface area (Å²) >= 11 is 0. The molecule has 7 nitrogen and oxygen atoms in total. The van der Waals surface area contributed by atoms with Gasteiger partial charge in [0, 0.05) is 6.54 Å². The fourth-order valence-corrected chi connectivity index (χ4v) is 1.41. The summed E-state index contributed by atoms with van der Waals surface area (Å²) in [4.78, 5) is 23.3. The van der Waals surface area contributed by atoms with Crippen LogP contribution in [-0.4, -0.2) is 40.0 Å². The summed E-state index contributed by atoms with van der Waals surface area (Å²) in [6.45, 7) is 9.88. The summed E-state index contributed by atoms with van der Waals surface area (Å²) in [7, 11) is 0. The Labute approximate surface area is 118 Å². The highest BCUT2D eigenvalue weighted by Gasteiger charge is 2.18. The first-order chi connectivity index (χ1) is 9.45. The van der Waals surface area contributed by atoms with E-state index < -0.39 is 5.97 Å². The molecule has 0 bridgehead atoms. The molecular formula is C13H20N4O3. The fraction of sp³-hybridized carbons (Fsp3) is 0.538. The topological polar surface area (TPSA) is 86.1 Å². The molecule has 1 heterocycles. The Balaban J connectivity index is 2.64. The lowest BCUT2D eigenvalue weighted by Crippen LogP contribution is -2.31. The van der Waals surface area contributed by atoms with Gasteiger partial charge in [0.05, 0.1) is 5.69 Å². The SMILES string of the molecule is C=CCOC(=O)c1nnn(CC(=O)NCC(C)C)c1C. The zero-order valence-corrected chi connectivity index (χ0v) is 12.0. The first-order valence-electron chi connectivity index (χ1n) is 6.40. The van der Waals surface area contributed by atoms with Crippen molar-refractivity contribution in [3.8, 4) is 0 Å². The number of hydrogen-bond donors (Lipinski definition) is 1. The molecule has 0 aromatic carbocycles. The lowest BCUT2D eigenvalue weighted by molar-refractivity contribution is -0.122.